The van der Waals surface area contributed by atoms with Crippen LogP contribution < -0.4 is 10.2 Å². The van der Waals surface area contributed by atoms with Crippen LogP contribution in [0.5, 0.6) is 0 Å². The molecule has 6 heteroatoms. The molecule has 0 saturated carbocycles. The van der Waals surface area contributed by atoms with Crippen LogP contribution in [0.2, 0.25) is 0 Å². The fourth-order valence-corrected chi connectivity index (χ4v) is 4.59. The predicted octanol–water partition coefficient (Wildman–Crippen LogP) is 4.81. The van der Waals surface area contributed by atoms with Gasteiger partial charge in [-0.1, -0.05) is 24.3 Å². The Hall–Kier alpha value is -3.51. The molecule has 1 aliphatic rings. The van der Waals surface area contributed by atoms with Gasteiger partial charge in [0.2, 0.25) is 0 Å². The Morgan fingerprint density at radius 1 is 1.00 bits per heavy atom. The molecule has 4 aromatic rings. The number of pyridine rings is 2. The summed E-state index contributed by atoms with van der Waals surface area (Å²) in [5, 5.41) is 4.25. The van der Waals surface area contributed by atoms with Crippen molar-refractivity contribution in [3.8, 4) is 0 Å². The van der Waals surface area contributed by atoms with Gasteiger partial charge in [0.05, 0.1) is 11.7 Å². The molecule has 4 heterocycles. The average molecular weight is 426 g/mol. The number of anilines is 1. The highest BCUT2D eigenvalue weighted by molar-refractivity contribution is 7.80. The smallest absolute Gasteiger partial charge is 0.174 e. The highest BCUT2D eigenvalue weighted by Gasteiger charge is 2.42. The first-order valence-electron chi connectivity index (χ1n) is 10.3. The van der Waals surface area contributed by atoms with Crippen LogP contribution in [-0.2, 0) is 6.54 Å². The third-order valence-corrected chi connectivity index (χ3v) is 5.94. The molecule has 0 aliphatic carbocycles. The van der Waals surface area contributed by atoms with E-state index in [0.717, 1.165) is 23.5 Å². The second-order valence-electron chi connectivity index (χ2n) is 7.76. The molecule has 1 fully saturated rings. The maximum atomic E-state index is 5.83. The Bertz CT molecular complexity index is 1190. The zero-order chi connectivity index (χ0) is 21.2. The summed E-state index contributed by atoms with van der Waals surface area (Å²) in [7, 11) is 0. The van der Waals surface area contributed by atoms with Crippen LogP contribution in [0.25, 0.3) is 0 Å². The van der Waals surface area contributed by atoms with Crippen molar-refractivity contribution in [1.29, 1.82) is 0 Å². The second-order valence-corrected chi connectivity index (χ2v) is 8.14. The molecule has 5 nitrogen and oxygen atoms in total. The second kappa shape index (κ2) is 8.32. The summed E-state index contributed by atoms with van der Waals surface area (Å²) in [6.07, 6.45) is 7.67. The third kappa shape index (κ3) is 3.82. The van der Waals surface area contributed by atoms with Crippen LogP contribution in [0.3, 0.4) is 0 Å². The maximum Gasteiger partial charge on any atom is 0.174 e. The van der Waals surface area contributed by atoms with Crippen LogP contribution in [0.1, 0.15) is 34.6 Å². The molecule has 0 radical (unpaired) electrons. The molecule has 1 saturated heterocycles. The number of hydrogen-bond donors (Lipinski definition) is 1. The number of nitrogens with one attached hydrogen (secondary N) is 1. The molecule has 1 aromatic carbocycles. The molecule has 1 N–H and O–H groups in total. The SMILES string of the molecule is Cc1cccc(N2C(=S)N[C@H](c3ccccn3)[C@@H]2c2cccn2Cc2cccnc2)c1. The lowest BCUT2D eigenvalue weighted by molar-refractivity contribution is 0.533. The van der Waals surface area contributed by atoms with Gasteiger partial charge >= 0.3 is 0 Å². The minimum Gasteiger partial charge on any atom is -0.351 e. The first kappa shape index (κ1) is 19.5. The van der Waals surface area contributed by atoms with E-state index in [1.54, 1.807) is 6.20 Å². The molecule has 5 rings (SSSR count). The zero-order valence-corrected chi connectivity index (χ0v) is 18.0. The van der Waals surface area contributed by atoms with Crippen molar-refractivity contribution in [1.82, 2.24) is 19.9 Å². The number of thiocarbonyl (C=S) groups is 1. The summed E-state index contributed by atoms with van der Waals surface area (Å²) in [5.74, 6) is 0. The topological polar surface area (TPSA) is 46.0 Å². The molecule has 154 valence electrons. The van der Waals surface area contributed by atoms with Crippen LogP contribution in [0.15, 0.2) is 91.5 Å². The lowest BCUT2D eigenvalue weighted by Crippen LogP contribution is -2.30. The monoisotopic (exact) mass is 425 g/mol. The Kier molecular flexibility index (Phi) is 5.22. The van der Waals surface area contributed by atoms with Gasteiger partial charge < -0.3 is 14.8 Å². The average Bonchev–Trinajstić information content (AvgIpc) is 3.38. The van der Waals surface area contributed by atoms with E-state index in [2.05, 4.69) is 86.4 Å². The minimum atomic E-state index is -0.0586. The number of aromatic nitrogens is 3. The third-order valence-electron chi connectivity index (χ3n) is 5.62. The maximum absolute atomic E-state index is 5.83. The van der Waals surface area contributed by atoms with E-state index in [1.165, 1.54) is 11.3 Å². The highest BCUT2D eigenvalue weighted by atomic mass is 32.1. The number of benzene rings is 1. The van der Waals surface area contributed by atoms with Crippen molar-refractivity contribution >= 4 is 23.0 Å². The quantitative estimate of drug-likeness (QED) is 0.465. The normalized spacial score (nSPS) is 18.2. The van der Waals surface area contributed by atoms with E-state index in [4.69, 9.17) is 12.2 Å². The van der Waals surface area contributed by atoms with Gasteiger partial charge in [-0.2, -0.15) is 0 Å². The fourth-order valence-electron chi connectivity index (χ4n) is 4.24. The summed E-state index contributed by atoms with van der Waals surface area (Å²) in [6.45, 7) is 2.85. The van der Waals surface area contributed by atoms with Gasteiger partial charge in [-0.05, 0) is 72.7 Å². The fraction of sp³-hybridized carbons (Fsp3) is 0.160. The van der Waals surface area contributed by atoms with Crippen molar-refractivity contribution in [2.45, 2.75) is 25.6 Å². The minimum absolute atomic E-state index is 0.0316. The van der Waals surface area contributed by atoms with E-state index in [-0.39, 0.29) is 12.1 Å². The molecule has 1 aliphatic heterocycles. The van der Waals surface area contributed by atoms with Crippen molar-refractivity contribution in [2.75, 3.05) is 4.90 Å². The van der Waals surface area contributed by atoms with Crippen molar-refractivity contribution < 1.29 is 0 Å². The van der Waals surface area contributed by atoms with Gasteiger partial charge in [-0.3, -0.25) is 9.97 Å². The van der Waals surface area contributed by atoms with Gasteiger partial charge in [0.15, 0.2) is 5.11 Å². The first-order valence-corrected chi connectivity index (χ1v) is 10.7. The van der Waals surface area contributed by atoms with Crippen molar-refractivity contribution in [3.05, 3.63) is 114 Å². The summed E-state index contributed by atoms with van der Waals surface area (Å²) < 4.78 is 2.27. The van der Waals surface area contributed by atoms with Crippen LogP contribution >= 0.6 is 12.2 Å². The van der Waals surface area contributed by atoms with Gasteiger partial charge in [-0.25, -0.2) is 0 Å². The molecule has 3 aromatic heterocycles. The summed E-state index contributed by atoms with van der Waals surface area (Å²) >= 11 is 5.83. The van der Waals surface area contributed by atoms with Crippen LogP contribution in [0.4, 0.5) is 5.69 Å². The van der Waals surface area contributed by atoms with Gasteiger partial charge in [0.25, 0.3) is 0 Å². The molecule has 0 bridgehead atoms. The Labute approximate surface area is 187 Å². The number of nitrogens with zero attached hydrogens (tertiary/aromatic N) is 4. The molecular weight excluding hydrogens is 402 g/mol. The van der Waals surface area contributed by atoms with Gasteiger partial charge in [0.1, 0.15) is 6.04 Å². The van der Waals surface area contributed by atoms with Crippen LogP contribution in [-0.4, -0.2) is 19.6 Å². The largest absolute Gasteiger partial charge is 0.351 e. The molecular formula is C25H23N5S. The van der Waals surface area contributed by atoms with E-state index in [9.17, 15) is 0 Å². The summed E-state index contributed by atoms with van der Waals surface area (Å²) in [5.41, 5.74) is 5.58. The predicted molar refractivity (Wildman–Crippen MR) is 127 cm³/mol. The van der Waals surface area contributed by atoms with Crippen molar-refractivity contribution in [3.63, 3.8) is 0 Å². The highest BCUT2D eigenvalue weighted by Crippen LogP contribution is 2.41. The van der Waals surface area contributed by atoms with Gasteiger partial charge in [0, 0.05) is 42.7 Å². The number of rotatable bonds is 5. The number of aryl methyl sites for hydroxylation is 1. The van der Waals surface area contributed by atoms with E-state index >= 15 is 0 Å². The van der Waals surface area contributed by atoms with E-state index in [1.807, 2.05) is 30.6 Å². The Balaban J connectivity index is 1.61. The zero-order valence-electron chi connectivity index (χ0n) is 17.2. The first-order chi connectivity index (χ1) is 15.2. The van der Waals surface area contributed by atoms with Gasteiger partial charge in [-0.15, -0.1) is 0 Å². The lowest BCUT2D eigenvalue weighted by atomic mass is 10.0. The Morgan fingerprint density at radius 2 is 1.94 bits per heavy atom. The molecule has 2 atom stereocenters. The Morgan fingerprint density at radius 3 is 2.71 bits per heavy atom. The molecule has 0 spiro atoms. The molecule has 0 amide bonds. The number of hydrogen-bond acceptors (Lipinski definition) is 3. The molecule has 31 heavy (non-hydrogen) atoms. The van der Waals surface area contributed by atoms with Crippen LogP contribution in [0, 0.1) is 6.92 Å². The van der Waals surface area contributed by atoms with E-state index in [0.29, 0.717) is 5.11 Å². The summed E-state index contributed by atoms with van der Waals surface area (Å²) in [6, 6.07) is 22.7. The van der Waals surface area contributed by atoms with E-state index < -0.39 is 0 Å². The van der Waals surface area contributed by atoms with Crippen molar-refractivity contribution in [2.24, 2.45) is 0 Å². The molecule has 0 unspecified atom stereocenters. The standard InChI is InChI=1S/C25H23N5S/c1-18-7-4-9-20(15-18)30-24(23(28-25(30)31)21-10-2-3-13-27-21)22-11-6-14-29(22)17-19-8-5-12-26-16-19/h2-16,23-24H,17H2,1H3,(H,28,31)/t23-,24+/m1/s1. The summed E-state index contributed by atoms with van der Waals surface area (Å²) in [4.78, 5) is 11.1. The lowest BCUT2D eigenvalue weighted by Gasteiger charge is -2.29.